The SMILES string of the molecule is CCN(CC)CCCn1c(-c2ccc3c(c2)NC(=O)CO3)csc1=Nc1ccc(C)cc1C. The van der Waals surface area contributed by atoms with Crippen molar-refractivity contribution in [1.29, 1.82) is 0 Å². The second kappa shape index (κ2) is 10.4. The highest BCUT2D eigenvalue weighted by atomic mass is 32.1. The second-order valence-corrected chi connectivity index (χ2v) is 9.22. The van der Waals surface area contributed by atoms with Crippen LogP contribution < -0.4 is 14.9 Å². The van der Waals surface area contributed by atoms with E-state index in [1.807, 2.05) is 12.1 Å². The minimum absolute atomic E-state index is 0.0646. The first-order chi connectivity index (χ1) is 16.0. The van der Waals surface area contributed by atoms with E-state index in [9.17, 15) is 4.79 Å². The number of hydrogen-bond donors (Lipinski definition) is 1. The molecule has 2 heterocycles. The molecule has 33 heavy (non-hydrogen) atoms. The number of benzene rings is 2. The third kappa shape index (κ3) is 5.37. The van der Waals surface area contributed by atoms with Gasteiger partial charge in [0.05, 0.1) is 17.1 Å². The van der Waals surface area contributed by atoms with Crippen LogP contribution in [0.4, 0.5) is 11.4 Å². The van der Waals surface area contributed by atoms with Crippen molar-refractivity contribution in [2.75, 3.05) is 31.6 Å². The third-order valence-electron chi connectivity index (χ3n) is 6.02. The molecule has 1 aliphatic rings. The van der Waals surface area contributed by atoms with Crippen LogP contribution in [0.25, 0.3) is 11.3 Å². The number of hydrogen-bond acceptors (Lipinski definition) is 5. The van der Waals surface area contributed by atoms with E-state index in [-0.39, 0.29) is 12.5 Å². The molecule has 1 aromatic heterocycles. The number of aryl methyl sites for hydroxylation is 2. The standard InChI is InChI=1S/C26H32N4O2S/c1-5-29(6-2)12-7-13-30-23(20-9-11-24-22(15-20)27-25(31)16-32-24)17-33-26(30)28-21-10-8-18(3)14-19(21)4/h8-11,14-15,17H,5-7,12-13,16H2,1-4H3,(H,27,31). The number of nitrogens with one attached hydrogen (secondary N) is 1. The number of rotatable bonds is 8. The van der Waals surface area contributed by atoms with E-state index in [0.717, 1.165) is 60.0 Å². The minimum atomic E-state index is -0.123. The Labute approximate surface area is 199 Å². The Morgan fingerprint density at radius 1 is 1.15 bits per heavy atom. The number of fused-ring (bicyclic) bond motifs is 1. The molecule has 0 radical (unpaired) electrons. The van der Waals surface area contributed by atoms with Crippen LogP contribution in [0.5, 0.6) is 5.75 Å². The lowest BCUT2D eigenvalue weighted by Gasteiger charge is -2.20. The molecular weight excluding hydrogens is 432 g/mol. The number of anilines is 1. The fourth-order valence-electron chi connectivity index (χ4n) is 4.13. The van der Waals surface area contributed by atoms with Crippen molar-refractivity contribution < 1.29 is 9.53 Å². The van der Waals surface area contributed by atoms with Gasteiger partial charge in [0, 0.05) is 17.5 Å². The summed E-state index contributed by atoms with van der Waals surface area (Å²) < 4.78 is 7.85. The molecule has 6 nitrogen and oxygen atoms in total. The zero-order valence-corrected chi connectivity index (χ0v) is 20.7. The van der Waals surface area contributed by atoms with Crippen LogP contribution in [0.15, 0.2) is 46.8 Å². The average molecular weight is 465 g/mol. The zero-order chi connectivity index (χ0) is 23.4. The number of ether oxygens (including phenoxy) is 1. The molecule has 7 heteroatoms. The molecule has 1 aliphatic heterocycles. The van der Waals surface area contributed by atoms with Gasteiger partial charge in [0.25, 0.3) is 5.91 Å². The molecule has 1 amide bonds. The third-order valence-corrected chi connectivity index (χ3v) is 6.89. The van der Waals surface area contributed by atoms with Gasteiger partial charge in [0.2, 0.25) is 0 Å². The minimum Gasteiger partial charge on any atom is -0.482 e. The summed E-state index contributed by atoms with van der Waals surface area (Å²) in [6.45, 7) is 12.7. The highest BCUT2D eigenvalue weighted by Crippen LogP contribution is 2.33. The van der Waals surface area contributed by atoms with E-state index in [4.69, 9.17) is 9.73 Å². The van der Waals surface area contributed by atoms with Crippen LogP contribution in [0.2, 0.25) is 0 Å². The highest BCUT2D eigenvalue weighted by Gasteiger charge is 2.18. The molecular formula is C26H32N4O2S. The van der Waals surface area contributed by atoms with Gasteiger partial charge in [-0.2, -0.15) is 0 Å². The van der Waals surface area contributed by atoms with E-state index < -0.39 is 0 Å². The van der Waals surface area contributed by atoms with E-state index in [1.165, 1.54) is 11.1 Å². The van der Waals surface area contributed by atoms with E-state index in [2.05, 4.69) is 72.1 Å². The van der Waals surface area contributed by atoms with Gasteiger partial charge in [-0.25, -0.2) is 4.99 Å². The first-order valence-corrected chi connectivity index (χ1v) is 12.5. The molecule has 0 atom stereocenters. The summed E-state index contributed by atoms with van der Waals surface area (Å²) in [5.41, 5.74) is 6.28. The molecule has 0 saturated carbocycles. The first-order valence-electron chi connectivity index (χ1n) is 11.6. The maximum atomic E-state index is 11.8. The van der Waals surface area contributed by atoms with Crippen LogP contribution in [0, 0.1) is 13.8 Å². The molecule has 4 rings (SSSR count). The maximum Gasteiger partial charge on any atom is 0.262 e. The van der Waals surface area contributed by atoms with Gasteiger partial charge >= 0.3 is 0 Å². The van der Waals surface area contributed by atoms with Gasteiger partial charge in [-0.1, -0.05) is 31.5 Å². The van der Waals surface area contributed by atoms with Crippen LogP contribution in [-0.2, 0) is 11.3 Å². The summed E-state index contributed by atoms with van der Waals surface area (Å²) in [6.07, 6.45) is 1.04. The van der Waals surface area contributed by atoms with Crippen molar-refractivity contribution >= 4 is 28.6 Å². The Kier molecular flexibility index (Phi) is 7.30. The monoisotopic (exact) mass is 464 g/mol. The van der Waals surface area contributed by atoms with Crippen molar-refractivity contribution in [3.63, 3.8) is 0 Å². The van der Waals surface area contributed by atoms with Crippen LogP contribution >= 0.6 is 11.3 Å². The van der Waals surface area contributed by atoms with Crippen molar-refractivity contribution in [2.24, 2.45) is 4.99 Å². The van der Waals surface area contributed by atoms with Gasteiger partial charge in [-0.3, -0.25) is 4.79 Å². The lowest BCUT2D eigenvalue weighted by molar-refractivity contribution is -0.118. The van der Waals surface area contributed by atoms with Gasteiger partial charge < -0.3 is 19.5 Å². The molecule has 1 N–H and O–H groups in total. The Morgan fingerprint density at radius 2 is 1.97 bits per heavy atom. The van der Waals surface area contributed by atoms with E-state index in [1.54, 1.807) is 11.3 Å². The highest BCUT2D eigenvalue weighted by molar-refractivity contribution is 7.07. The second-order valence-electron chi connectivity index (χ2n) is 8.39. The molecule has 0 aliphatic carbocycles. The van der Waals surface area contributed by atoms with Crippen molar-refractivity contribution in [3.8, 4) is 17.0 Å². The van der Waals surface area contributed by atoms with Crippen molar-refractivity contribution in [1.82, 2.24) is 9.47 Å². The van der Waals surface area contributed by atoms with Crippen LogP contribution in [0.3, 0.4) is 0 Å². The fourth-order valence-corrected chi connectivity index (χ4v) is 5.08. The largest absolute Gasteiger partial charge is 0.482 e. The number of carbonyl (C=O) groups excluding carboxylic acids is 1. The lowest BCUT2D eigenvalue weighted by atomic mass is 10.1. The van der Waals surface area contributed by atoms with Crippen LogP contribution in [-0.4, -0.2) is 41.6 Å². The number of thiazole rings is 1. The molecule has 0 spiro atoms. The summed E-state index contributed by atoms with van der Waals surface area (Å²) in [4.78, 5) is 20.3. The van der Waals surface area contributed by atoms with Gasteiger partial charge in [-0.15, -0.1) is 11.3 Å². The van der Waals surface area contributed by atoms with Gasteiger partial charge in [0.15, 0.2) is 11.4 Å². The summed E-state index contributed by atoms with van der Waals surface area (Å²) in [5.74, 6) is 0.587. The Morgan fingerprint density at radius 3 is 2.73 bits per heavy atom. The van der Waals surface area contributed by atoms with E-state index in [0.29, 0.717) is 5.75 Å². The molecule has 2 aromatic carbocycles. The van der Waals surface area contributed by atoms with Crippen LogP contribution in [0.1, 0.15) is 31.4 Å². The topological polar surface area (TPSA) is 58.9 Å². The smallest absolute Gasteiger partial charge is 0.262 e. The number of nitrogens with zero attached hydrogens (tertiary/aromatic N) is 3. The Bertz CT molecular complexity index is 1210. The lowest BCUT2D eigenvalue weighted by Crippen LogP contribution is -2.26. The fraction of sp³-hybridized carbons (Fsp3) is 0.385. The molecule has 174 valence electrons. The quantitative estimate of drug-likeness (QED) is 0.503. The molecule has 3 aromatic rings. The molecule has 0 fully saturated rings. The van der Waals surface area contributed by atoms with E-state index >= 15 is 0 Å². The van der Waals surface area contributed by atoms with Crippen molar-refractivity contribution in [2.45, 2.75) is 40.7 Å². The first kappa shape index (κ1) is 23.3. The van der Waals surface area contributed by atoms with Gasteiger partial charge in [-0.05, 0) is 69.7 Å². The summed E-state index contributed by atoms with van der Waals surface area (Å²) in [5, 5.41) is 5.08. The Balaban J connectivity index is 1.73. The number of carbonyl (C=O) groups is 1. The number of amides is 1. The maximum absolute atomic E-state index is 11.8. The van der Waals surface area contributed by atoms with Crippen molar-refractivity contribution in [3.05, 3.63) is 57.7 Å². The predicted molar refractivity (Wildman–Crippen MR) is 135 cm³/mol. The van der Waals surface area contributed by atoms with Gasteiger partial charge in [0.1, 0.15) is 5.75 Å². The predicted octanol–water partition coefficient (Wildman–Crippen LogP) is 5.13. The zero-order valence-electron chi connectivity index (χ0n) is 19.9. The summed E-state index contributed by atoms with van der Waals surface area (Å²) >= 11 is 1.65. The Hall–Kier alpha value is -2.90. The normalized spacial score (nSPS) is 13.7. The molecule has 0 unspecified atom stereocenters. The number of aromatic nitrogens is 1. The average Bonchev–Trinajstić information content (AvgIpc) is 3.20. The molecule has 0 saturated heterocycles. The summed E-state index contributed by atoms with van der Waals surface area (Å²) in [6, 6.07) is 12.4. The summed E-state index contributed by atoms with van der Waals surface area (Å²) in [7, 11) is 0. The molecule has 0 bridgehead atoms.